The number of aliphatic hydroxyl groups is 1. The highest BCUT2D eigenvalue weighted by molar-refractivity contribution is 6.09. The van der Waals surface area contributed by atoms with Crippen LogP contribution in [0.3, 0.4) is 0 Å². The van der Waals surface area contributed by atoms with Crippen molar-refractivity contribution < 1.29 is 14.7 Å². The summed E-state index contributed by atoms with van der Waals surface area (Å²) in [5, 5.41) is 11.2. The summed E-state index contributed by atoms with van der Waals surface area (Å²) in [7, 11) is 0. The second-order valence-electron chi connectivity index (χ2n) is 8.53. The molecule has 1 aromatic carbocycles. The zero-order valence-electron chi connectivity index (χ0n) is 17.2. The maximum atomic E-state index is 13.5. The predicted molar refractivity (Wildman–Crippen MR) is 111 cm³/mol. The largest absolute Gasteiger partial charge is 0.385 e. The van der Waals surface area contributed by atoms with E-state index in [0.717, 1.165) is 16.7 Å². The van der Waals surface area contributed by atoms with E-state index in [1.165, 1.54) is 0 Å². The fourth-order valence-electron chi connectivity index (χ4n) is 4.60. The molecule has 1 saturated heterocycles. The van der Waals surface area contributed by atoms with Crippen molar-refractivity contribution in [2.24, 2.45) is 4.99 Å². The Morgan fingerprint density at radius 2 is 1.86 bits per heavy atom. The molecule has 1 fully saturated rings. The van der Waals surface area contributed by atoms with Gasteiger partial charge in [0.1, 0.15) is 11.4 Å². The maximum Gasteiger partial charge on any atom is 0.250 e. The van der Waals surface area contributed by atoms with E-state index in [1.807, 2.05) is 68.3 Å². The third kappa shape index (κ3) is 3.31. The molecule has 2 amide bonds. The number of amides is 2. The molecule has 0 spiro atoms. The minimum Gasteiger partial charge on any atom is -0.385 e. The zero-order valence-corrected chi connectivity index (χ0v) is 17.2. The van der Waals surface area contributed by atoms with Gasteiger partial charge in [0.25, 0.3) is 5.91 Å². The van der Waals surface area contributed by atoms with Gasteiger partial charge in [0.05, 0.1) is 12.0 Å². The smallest absolute Gasteiger partial charge is 0.250 e. The lowest BCUT2D eigenvalue weighted by Gasteiger charge is -2.47. The SMILES string of the molecule is CC1=CC2=NC(=O)C[C@@](C)(C(=O)N3CCC(O)(c4ccccc4C)CC3)N2C=C1. The van der Waals surface area contributed by atoms with Gasteiger partial charge in [0.2, 0.25) is 5.91 Å². The number of carbonyl (C=O) groups excluding carboxylic acids is 2. The minimum absolute atomic E-state index is 0.0467. The van der Waals surface area contributed by atoms with Gasteiger partial charge < -0.3 is 14.9 Å². The number of piperidine rings is 1. The number of benzene rings is 1. The van der Waals surface area contributed by atoms with Crippen LogP contribution in [0, 0.1) is 6.92 Å². The molecule has 29 heavy (non-hydrogen) atoms. The van der Waals surface area contributed by atoms with Crippen LogP contribution < -0.4 is 0 Å². The molecule has 3 aliphatic rings. The Hall–Kier alpha value is -2.73. The van der Waals surface area contributed by atoms with E-state index in [1.54, 1.807) is 4.90 Å². The number of allylic oxidation sites excluding steroid dienone is 2. The first-order valence-electron chi connectivity index (χ1n) is 10.1. The minimum atomic E-state index is -1.00. The van der Waals surface area contributed by atoms with E-state index in [0.29, 0.717) is 31.8 Å². The molecule has 0 radical (unpaired) electrons. The number of hydrogen-bond acceptors (Lipinski definition) is 4. The second-order valence-corrected chi connectivity index (χ2v) is 8.53. The quantitative estimate of drug-likeness (QED) is 0.838. The van der Waals surface area contributed by atoms with Crippen molar-refractivity contribution in [1.29, 1.82) is 0 Å². The summed E-state index contributed by atoms with van der Waals surface area (Å²) in [5.41, 5.74) is 1.05. The molecule has 152 valence electrons. The molecule has 6 nitrogen and oxygen atoms in total. The normalized spacial score (nSPS) is 26.0. The van der Waals surface area contributed by atoms with E-state index in [2.05, 4.69) is 4.99 Å². The third-order valence-corrected chi connectivity index (χ3v) is 6.34. The molecule has 1 aromatic rings. The van der Waals surface area contributed by atoms with Crippen LogP contribution in [0.15, 0.2) is 53.2 Å². The van der Waals surface area contributed by atoms with Crippen LogP contribution in [0.4, 0.5) is 0 Å². The number of nitrogens with zero attached hydrogens (tertiary/aromatic N) is 3. The van der Waals surface area contributed by atoms with Gasteiger partial charge in [-0.3, -0.25) is 9.59 Å². The van der Waals surface area contributed by atoms with E-state index in [4.69, 9.17) is 0 Å². The van der Waals surface area contributed by atoms with Crippen molar-refractivity contribution >= 4 is 17.6 Å². The Morgan fingerprint density at radius 1 is 1.17 bits per heavy atom. The van der Waals surface area contributed by atoms with E-state index < -0.39 is 11.1 Å². The van der Waals surface area contributed by atoms with Crippen molar-refractivity contribution in [2.45, 2.75) is 51.2 Å². The Bertz CT molecular complexity index is 954. The number of carbonyl (C=O) groups is 2. The maximum absolute atomic E-state index is 13.5. The van der Waals surface area contributed by atoms with Crippen molar-refractivity contribution in [2.75, 3.05) is 13.1 Å². The first kappa shape index (κ1) is 19.6. The Kier molecular flexibility index (Phi) is 4.69. The number of aliphatic imine (C=N–C) groups is 1. The molecule has 1 atom stereocenters. The first-order valence-corrected chi connectivity index (χ1v) is 10.1. The lowest BCUT2D eigenvalue weighted by atomic mass is 9.81. The fourth-order valence-corrected chi connectivity index (χ4v) is 4.60. The summed E-state index contributed by atoms with van der Waals surface area (Å²) in [5.74, 6) is 0.146. The van der Waals surface area contributed by atoms with Crippen LogP contribution >= 0.6 is 0 Å². The molecule has 0 aliphatic carbocycles. The summed E-state index contributed by atoms with van der Waals surface area (Å²) in [6.07, 6.45) is 6.59. The Morgan fingerprint density at radius 3 is 2.55 bits per heavy atom. The van der Waals surface area contributed by atoms with Crippen LogP contribution in [-0.2, 0) is 15.2 Å². The standard InChI is InChI=1S/C23H27N3O3/c1-16-8-11-26-19(14-16)24-20(27)15-22(26,3)21(28)25-12-9-23(29,10-13-25)18-7-5-4-6-17(18)2/h4-8,11,14,29H,9-10,12-13,15H2,1-3H3/t22-/m0/s1. The molecule has 4 rings (SSSR count). The molecule has 1 N–H and O–H groups in total. The summed E-state index contributed by atoms with van der Waals surface area (Å²) in [6.45, 7) is 6.64. The average molecular weight is 393 g/mol. The second kappa shape index (κ2) is 6.95. The van der Waals surface area contributed by atoms with E-state index >= 15 is 0 Å². The zero-order chi connectivity index (χ0) is 20.8. The summed E-state index contributed by atoms with van der Waals surface area (Å²) in [6, 6.07) is 7.86. The highest BCUT2D eigenvalue weighted by Crippen LogP contribution is 2.37. The van der Waals surface area contributed by atoms with Crippen molar-refractivity contribution in [3.8, 4) is 0 Å². The third-order valence-electron chi connectivity index (χ3n) is 6.34. The van der Waals surface area contributed by atoms with Crippen LogP contribution in [0.1, 0.15) is 44.2 Å². The van der Waals surface area contributed by atoms with Gasteiger partial charge in [-0.05, 0) is 62.5 Å². The molecular weight excluding hydrogens is 366 g/mol. The molecule has 0 bridgehead atoms. The van der Waals surface area contributed by atoms with Gasteiger partial charge in [-0.15, -0.1) is 0 Å². The predicted octanol–water partition coefficient (Wildman–Crippen LogP) is 2.67. The van der Waals surface area contributed by atoms with Gasteiger partial charge in [-0.1, -0.05) is 24.3 Å². The lowest BCUT2D eigenvalue weighted by Crippen LogP contribution is -2.62. The number of fused-ring (bicyclic) bond motifs is 1. The highest BCUT2D eigenvalue weighted by Gasteiger charge is 2.48. The van der Waals surface area contributed by atoms with Gasteiger partial charge in [0.15, 0.2) is 0 Å². The number of rotatable bonds is 2. The topological polar surface area (TPSA) is 73.2 Å². The number of amidine groups is 1. The Labute approximate surface area is 171 Å². The van der Waals surface area contributed by atoms with Gasteiger partial charge in [-0.2, -0.15) is 4.99 Å². The monoisotopic (exact) mass is 393 g/mol. The van der Waals surface area contributed by atoms with Gasteiger partial charge in [-0.25, -0.2) is 0 Å². The molecule has 6 heteroatoms. The van der Waals surface area contributed by atoms with Gasteiger partial charge >= 0.3 is 0 Å². The van der Waals surface area contributed by atoms with Gasteiger partial charge in [0, 0.05) is 19.3 Å². The average Bonchev–Trinajstić information content (AvgIpc) is 2.67. The molecule has 3 aliphatic heterocycles. The Balaban J connectivity index is 1.54. The van der Waals surface area contributed by atoms with E-state index in [9.17, 15) is 14.7 Å². The first-order chi connectivity index (χ1) is 13.7. The molecule has 0 saturated carbocycles. The van der Waals surface area contributed by atoms with Crippen molar-refractivity contribution in [1.82, 2.24) is 9.80 Å². The van der Waals surface area contributed by atoms with Crippen LogP contribution in [0.5, 0.6) is 0 Å². The fraction of sp³-hybridized carbons (Fsp3) is 0.435. The molecule has 0 unspecified atom stereocenters. The molecule has 0 aromatic heterocycles. The van der Waals surface area contributed by atoms with Crippen LogP contribution in [0.25, 0.3) is 0 Å². The van der Waals surface area contributed by atoms with E-state index in [-0.39, 0.29) is 18.2 Å². The number of likely N-dealkylation sites (tertiary alicyclic amines) is 1. The van der Waals surface area contributed by atoms with Crippen molar-refractivity contribution in [3.05, 3.63) is 59.3 Å². The van der Waals surface area contributed by atoms with Crippen molar-refractivity contribution in [3.63, 3.8) is 0 Å². The molecular formula is C23H27N3O3. The highest BCUT2D eigenvalue weighted by atomic mass is 16.3. The van der Waals surface area contributed by atoms with Crippen LogP contribution in [-0.4, -0.2) is 51.2 Å². The summed E-state index contributed by atoms with van der Waals surface area (Å²) < 4.78 is 0. The van der Waals surface area contributed by atoms with Crippen LogP contribution in [0.2, 0.25) is 0 Å². The number of aryl methyl sites for hydroxylation is 1. The molecule has 3 heterocycles. The summed E-state index contributed by atoms with van der Waals surface area (Å²) in [4.78, 5) is 33.5. The lowest BCUT2D eigenvalue weighted by molar-refractivity contribution is -0.147. The number of hydrogen-bond donors (Lipinski definition) is 1. The summed E-state index contributed by atoms with van der Waals surface area (Å²) >= 11 is 0.